The number of piperidine rings is 1. The van der Waals surface area contributed by atoms with Gasteiger partial charge in [0, 0.05) is 12.6 Å². The number of nitrogens with zero attached hydrogens (tertiary/aromatic N) is 1. The summed E-state index contributed by atoms with van der Waals surface area (Å²) in [5, 5.41) is 3.78. The number of hydrogen-bond acceptors (Lipinski definition) is 3. The zero-order chi connectivity index (χ0) is 12.4. The largest absolute Gasteiger partial charge is 0.375 e. The second-order valence-corrected chi connectivity index (χ2v) is 5.53. The molecule has 2 aliphatic heterocycles. The molecule has 1 saturated heterocycles. The molecule has 0 aliphatic carbocycles. The number of ether oxygens (including phenoxy) is 1. The minimum atomic E-state index is 0.367. The van der Waals surface area contributed by atoms with Gasteiger partial charge in [0.05, 0.1) is 19.3 Å². The Hall–Kier alpha value is -0.900. The molecule has 98 valence electrons. The maximum atomic E-state index is 5.70. The molecule has 0 spiro atoms. The molecule has 2 heterocycles. The summed E-state index contributed by atoms with van der Waals surface area (Å²) in [6.07, 6.45) is 2.58. The fourth-order valence-electron chi connectivity index (χ4n) is 3.11. The first-order chi connectivity index (χ1) is 8.83. The van der Waals surface area contributed by atoms with E-state index in [0.29, 0.717) is 12.1 Å². The van der Waals surface area contributed by atoms with E-state index in [4.69, 9.17) is 4.74 Å². The van der Waals surface area contributed by atoms with E-state index in [9.17, 15) is 0 Å². The number of nitrogens with one attached hydrogen (secondary N) is 1. The quantitative estimate of drug-likeness (QED) is 0.863. The maximum absolute atomic E-state index is 5.70. The highest BCUT2D eigenvalue weighted by atomic mass is 16.5. The number of fused-ring (bicyclic) bond motifs is 1. The molecule has 3 rings (SSSR count). The lowest BCUT2D eigenvalue weighted by molar-refractivity contribution is 0.0734. The highest BCUT2D eigenvalue weighted by molar-refractivity contribution is 5.31. The van der Waals surface area contributed by atoms with Gasteiger partial charge in [-0.25, -0.2) is 0 Å². The monoisotopic (exact) mass is 246 g/mol. The Labute approximate surface area is 109 Å². The molecule has 3 nitrogen and oxygen atoms in total. The fourth-order valence-corrected chi connectivity index (χ4v) is 3.11. The fraction of sp³-hybridized carbons (Fsp3) is 0.600. The SMILES string of the molecule is CN1CCCC(NC2COCc3ccccc32)C1. The van der Waals surface area contributed by atoms with Crippen molar-refractivity contribution in [3.8, 4) is 0 Å². The zero-order valence-electron chi connectivity index (χ0n) is 11.1. The van der Waals surface area contributed by atoms with Crippen LogP contribution in [-0.4, -0.2) is 37.7 Å². The van der Waals surface area contributed by atoms with Gasteiger partial charge in [-0.3, -0.25) is 0 Å². The lowest BCUT2D eigenvalue weighted by Crippen LogP contribution is -2.46. The second kappa shape index (κ2) is 5.39. The van der Waals surface area contributed by atoms with Crippen molar-refractivity contribution in [3.05, 3.63) is 35.4 Å². The first-order valence-electron chi connectivity index (χ1n) is 6.93. The molecule has 2 unspecified atom stereocenters. The highest BCUT2D eigenvalue weighted by Gasteiger charge is 2.25. The summed E-state index contributed by atoms with van der Waals surface area (Å²) >= 11 is 0. The first kappa shape index (κ1) is 12.2. The number of benzene rings is 1. The Morgan fingerprint density at radius 1 is 1.33 bits per heavy atom. The molecule has 1 aromatic rings. The van der Waals surface area contributed by atoms with Crippen molar-refractivity contribution < 1.29 is 4.74 Å². The standard InChI is InChI=1S/C15H22N2O/c1-17-8-4-6-13(9-17)16-15-11-18-10-12-5-2-3-7-14(12)15/h2-3,5,7,13,15-16H,4,6,8-11H2,1H3. The van der Waals surface area contributed by atoms with Crippen LogP contribution in [0, 0.1) is 0 Å². The third-order valence-corrected chi connectivity index (χ3v) is 4.03. The van der Waals surface area contributed by atoms with Crippen LogP contribution < -0.4 is 5.32 Å². The molecular weight excluding hydrogens is 224 g/mol. The predicted molar refractivity (Wildman–Crippen MR) is 72.5 cm³/mol. The molecule has 0 aromatic heterocycles. The summed E-state index contributed by atoms with van der Waals surface area (Å²) in [6, 6.07) is 9.61. The van der Waals surface area contributed by atoms with E-state index in [1.807, 2.05) is 0 Å². The van der Waals surface area contributed by atoms with Crippen LogP contribution in [0.25, 0.3) is 0 Å². The van der Waals surface area contributed by atoms with Gasteiger partial charge < -0.3 is 15.0 Å². The first-order valence-corrected chi connectivity index (χ1v) is 6.93. The predicted octanol–water partition coefficient (Wildman–Crippen LogP) is 1.94. The molecule has 2 aliphatic rings. The molecule has 0 bridgehead atoms. The minimum Gasteiger partial charge on any atom is -0.375 e. The highest BCUT2D eigenvalue weighted by Crippen LogP contribution is 2.25. The van der Waals surface area contributed by atoms with E-state index in [0.717, 1.165) is 19.8 Å². The van der Waals surface area contributed by atoms with Gasteiger partial charge in [-0.1, -0.05) is 24.3 Å². The third-order valence-electron chi connectivity index (χ3n) is 4.03. The van der Waals surface area contributed by atoms with Gasteiger partial charge in [-0.05, 0) is 37.6 Å². The average Bonchev–Trinajstić information content (AvgIpc) is 2.39. The number of hydrogen-bond donors (Lipinski definition) is 1. The Morgan fingerprint density at radius 2 is 2.22 bits per heavy atom. The van der Waals surface area contributed by atoms with Crippen LogP contribution in [-0.2, 0) is 11.3 Å². The van der Waals surface area contributed by atoms with Crippen LogP contribution in [0.15, 0.2) is 24.3 Å². The summed E-state index contributed by atoms with van der Waals surface area (Å²) in [5.74, 6) is 0. The van der Waals surface area contributed by atoms with Crippen LogP contribution in [0.4, 0.5) is 0 Å². The van der Waals surface area contributed by atoms with Crippen molar-refractivity contribution in [1.29, 1.82) is 0 Å². The lowest BCUT2D eigenvalue weighted by atomic mass is 9.97. The van der Waals surface area contributed by atoms with Crippen LogP contribution in [0.1, 0.15) is 30.0 Å². The van der Waals surface area contributed by atoms with Crippen molar-refractivity contribution in [2.75, 3.05) is 26.7 Å². The van der Waals surface area contributed by atoms with E-state index in [-0.39, 0.29) is 0 Å². The molecule has 1 N–H and O–H groups in total. The van der Waals surface area contributed by atoms with E-state index < -0.39 is 0 Å². The summed E-state index contributed by atoms with van der Waals surface area (Å²) in [7, 11) is 2.21. The molecule has 1 fully saturated rings. The van der Waals surface area contributed by atoms with Crippen LogP contribution in [0.2, 0.25) is 0 Å². The van der Waals surface area contributed by atoms with Gasteiger partial charge in [-0.2, -0.15) is 0 Å². The van der Waals surface area contributed by atoms with E-state index in [2.05, 4.69) is 41.5 Å². The lowest BCUT2D eigenvalue weighted by Gasteiger charge is -2.35. The second-order valence-electron chi connectivity index (χ2n) is 5.53. The van der Waals surface area contributed by atoms with Crippen molar-refractivity contribution in [2.45, 2.75) is 31.5 Å². The number of rotatable bonds is 2. The third kappa shape index (κ3) is 2.58. The molecule has 18 heavy (non-hydrogen) atoms. The summed E-state index contributed by atoms with van der Waals surface area (Å²) in [4.78, 5) is 2.41. The van der Waals surface area contributed by atoms with Crippen molar-refractivity contribution in [3.63, 3.8) is 0 Å². The summed E-state index contributed by atoms with van der Waals surface area (Å²) < 4.78 is 5.70. The number of likely N-dealkylation sites (N-methyl/N-ethyl adjacent to an activating group) is 1. The van der Waals surface area contributed by atoms with Crippen molar-refractivity contribution in [2.24, 2.45) is 0 Å². The van der Waals surface area contributed by atoms with Gasteiger partial charge in [0.25, 0.3) is 0 Å². The normalized spacial score (nSPS) is 28.9. The van der Waals surface area contributed by atoms with Gasteiger partial charge in [0.15, 0.2) is 0 Å². The molecule has 3 heteroatoms. The van der Waals surface area contributed by atoms with Crippen LogP contribution in [0.5, 0.6) is 0 Å². The van der Waals surface area contributed by atoms with Gasteiger partial charge in [-0.15, -0.1) is 0 Å². The van der Waals surface area contributed by atoms with Crippen molar-refractivity contribution in [1.82, 2.24) is 10.2 Å². The van der Waals surface area contributed by atoms with E-state index in [1.165, 1.54) is 30.5 Å². The maximum Gasteiger partial charge on any atom is 0.0721 e. The van der Waals surface area contributed by atoms with Gasteiger partial charge in [0.1, 0.15) is 0 Å². The van der Waals surface area contributed by atoms with Crippen LogP contribution >= 0.6 is 0 Å². The van der Waals surface area contributed by atoms with Gasteiger partial charge in [0.2, 0.25) is 0 Å². The number of likely N-dealkylation sites (tertiary alicyclic amines) is 1. The summed E-state index contributed by atoms with van der Waals surface area (Å²) in [6.45, 7) is 3.95. The Balaban J connectivity index is 1.70. The Kier molecular flexibility index (Phi) is 3.64. The molecular formula is C15H22N2O. The molecule has 0 amide bonds. The summed E-state index contributed by atoms with van der Waals surface area (Å²) in [5.41, 5.74) is 2.77. The average molecular weight is 246 g/mol. The van der Waals surface area contributed by atoms with Gasteiger partial charge >= 0.3 is 0 Å². The molecule has 2 atom stereocenters. The van der Waals surface area contributed by atoms with E-state index >= 15 is 0 Å². The molecule has 0 saturated carbocycles. The zero-order valence-corrected chi connectivity index (χ0v) is 11.1. The van der Waals surface area contributed by atoms with Crippen LogP contribution in [0.3, 0.4) is 0 Å². The Bertz CT molecular complexity index is 407. The Morgan fingerprint density at radius 3 is 3.11 bits per heavy atom. The smallest absolute Gasteiger partial charge is 0.0721 e. The molecule has 1 aromatic carbocycles. The molecule has 0 radical (unpaired) electrons. The van der Waals surface area contributed by atoms with E-state index in [1.54, 1.807) is 0 Å². The minimum absolute atomic E-state index is 0.367. The topological polar surface area (TPSA) is 24.5 Å². The van der Waals surface area contributed by atoms with Crippen molar-refractivity contribution >= 4 is 0 Å².